The first-order chi connectivity index (χ1) is 14.2. The third kappa shape index (κ3) is 5.97. The van der Waals surface area contributed by atoms with E-state index in [9.17, 15) is 4.79 Å². The minimum absolute atomic E-state index is 0.0443. The average molecular weight is 397 g/mol. The lowest BCUT2D eigenvalue weighted by Crippen LogP contribution is -2.29. The Morgan fingerprint density at radius 1 is 1.00 bits per heavy atom. The van der Waals surface area contributed by atoms with Gasteiger partial charge in [0.1, 0.15) is 12.4 Å². The molecule has 0 bridgehead atoms. The fourth-order valence-corrected chi connectivity index (χ4v) is 3.64. The summed E-state index contributed by atoms with van der Waals surface area (Å²) in [5.74, 6) is 0.557. The molecule has 1 amide bonds. The summed E-state index contributed by atoms with van der Waals surface area (Å²) >= 11 is 0. The molecule has 0 spiro atoms. The molecule has 0 radical (unpaired) electrons. The van der Waals surface area contributed by atoms with Crippen molar-refractivity contribution in [1.82, 2.24) is 4.90 Å². The third-order valence-corrected chi connectivity index (χ3v) is 5.23. The van der Waals surface area contributed by atoms with Crippen LogP contribution in [0.25, 0.3) is 0 Å². The second-order valence-electron chi connectivity index (χ2n) is 7.42. The molecular weight excluding hydrogens is 364 g/mol. The van der Waals surface area contributed by atoms with E-state index in [1.54, 1.807) is 4.90 Å². The predicted octanol–water partition coefficient (Wildman–Crippen LogP) is 4.36. The first-order valence-corrected chi connectivity index (χ1v) is 10.6. The predicted molar refractivity (Wildman–Crippen MR) is 117 cm³/mol. The second kappa shape index (κ2) is 10.9. The van der Waals surface area contributed by atoms with Crippen LogP contribution < -0.4 is 9.64 Å². The number of rotatable bonds is 9. The Morgan fingerprint density at radius 2 is 1.72 bits per heavy atom. The van der Waals surface area contributed by atoms with Gasteiger partial charge in [-0.25, -0.2) is 0 Å². The normalized spacial score (nSPS) is 13.9. The van der Waals surface area contributed by atoms with Crippen molar-refractivity contribution in [2.75, 3.05) is 44.9 Å². The molecule has 0 aliphatic carbocycles. The lowest BCUT2D eigenvalue weighted by Gasteiger charge is -2.29. The van der Waals surface area contributed by atoms with E-state index in [-0.39, 0.29) is 5.91 Å². The maximum Gasteiger partial charge on any atom is 0.257 e. The highest BCUT2D eigenvalue weighted by atomic mass is 16.5. The summed E-state index contributed by atoms with van der Waals surface area (Å²) in [4.78, 5) is 17.2. The highest BCUT2D eigenvalue weighted by molar-refractivity contribution is 5.96. The van der Waals surface area contributed by atoms with Crippen LogP contribution in [-0.4, -0.2) is 50.8 Å². The smallest absolute Gasteiger partial charge is 0.257 e. The van der Waals surface area contributed by atoms with Gasteiger partial charge in [-0.2, -0.15) is 0 Å². The van der Waals surface area contributed by atoms with Crippen molar-refractivity contribution in [3.8, 4) is 5.75 Å². The maximum absolute atomic E-state index is 13.0. The summed E-state index contributed by atoms with van der Waals surface area (Å²) in [6.07, 6.45) is 3.87. The maximum atomic E-state index is 13.0. The van der Waals surface area contributed by atoms with Gasteiger partial charge in [-0.1, -0.05) is 24.3 Å². The number of nitrogens with zero attached hydrogens (tertiary/aromatic N) is 2. The van der Waals surface area contributed by atoms with Crippen LogP contribution in [0.1, 0.15) is 42.1 Å². The van der Waals surface area contributed by atoms with E-state index < -0.39 is 0 Å². The Labute approximate surface area is 174 Å². The molecule has 1 aliphatic heterocycles. The van der Waals surface area contributed by atoms with Crippen molar-refractivity contribution in [3.63, 3.8) is 0 Å². The van der Waals surface area contributed by atoms with E-state index in [1.165, 1.54) is 24.9 Å². The number of benzene rings is 2. The van der Waals surface area contributed by atoms with Crippen molar-refractivity contribution < 1.29 is 14.3 Å². The van der Waals surface area contributed by atoms with Crippen molar-refractivity contribution in [2.45, 2.75) is 32.7 Å². The summed E-state index contributed by atoms with van der Waals surface area (Å²) in [5, 5.41) is 0. The van der Waals surface area contributed by atoms with E-state index in [0.717, 1.165) is 18.7 Å². The fraction of sp³-hybridized carbons (Fsp3) is 0.458. The zero-order valence-corrected chi connectivity index (χ0v) is 17.6. The first kappa shape index (κ1) is 21.2. The van der Waals surface area contributed by atoms with Crippen LogP contribution in [0.4, 0.5) is 5.69 Å². The van der Waals surface area contributed by atoms with Crippen LogP contribution in [0, 0.1) is 0 Å². The Bertz CT molecular complexity index is 770. The molecular formula is C24H32N2O3. The standard InChI is InChI=1S/C24H32N2O3/c1-3-28-17-18-29-23-10-6-5-9-22(23)24(27)25(2)19-20-11-13-21(14-12-20)26-15-7-4-8-16-26/h5-6,9-14H,3-4,7-8,15-19H2,1-2H3. The molecule has 0 saturated carbocycles. The number of carbonyl (C=O) groups excluding carboxylic acids is 1. The largest absolute Gasteiger partial charge is 0.490 e. The Balaban J connectivity index is 1.60. The van der Waals surface area contributed by atoms with Gasteiger partial charge in [0.2, 0.25) is 0 Å². The lowest BCUT2D eigenvalue weighted by atomic mass is 10.1. The van der Waals surface area contributed by atoms with Crippen LogP contribution in [-0.2, 0) is 11.3 Å². The molecule has 0 N–H and O–H groups in total. The topological polar surface area (TPSA) is 42.0 Å². The number of para-hydroxylation sites is 1. The molecule has 29 heavy (non-hydrogen) atoms. The van der Waals surface area contributed by atoms with Gasteiger partial charge >= 0.3 is 0 Å². The van der Waals surface area contributed by atoms with Crippen molar-refractivity contribution in [2.24, 2.45) is 0 Å². The monoisotopic (exact) mass is 396 g/mol. The van der Waals surface area contributed by atoms with Crippen molar-refractivity contribution in [1.29, 1.82) is 0 Å². The minimum atomic E-state index is -0.0443. The molecule has 156 valence electrons. The Morgan fingerprint density at radius 3 is 2.45 bits per heavy atom. The van der Waals surface area contributed by atoms with Gasteiger partial charge in [-0.15, -0.1) is 0 Å². The molecule has 3 rings (SSSR count). The highest BCUT2D eigenvalue weighted by Crippen LogP contribution is 2.22. The third-order valence-electron chi connectivity index (χ3n) is 5.23. The average Bonchev–Trinajstić information content (AvgIpc) is 2.77. The molecule has 5 heteroatoms. The number of hydrogen-bond acceptors (Lipinski definition) is 4. The number of amides is 1. The molecule has 1 heterocycles. The molecule has 2 aromatic carbocycles. The van der Waals surface area contributed by atoms with E-state index in [0.29, 0.717) is 37.7 Å². The number of carbonyl (C=O) groups is 1. The van der Waals surface area contributed by atoms with Gasteiger partial charge in [0.25, 0.3) is 5.91 Å². The molecule has 1 fully saturated rings. The van der Waals surface area contributed by atoms with Crippen molar-refractivity contribution in [3.05, 3.63) is 59.7 Å². The zero-order chi connectivity index (χ0) is 20.5. The molecule has 0 aromatic heterocycles. The highest BCUT2D eigenvalue weighted by Gasteiger charge is 2.17. The number of anilines is 1. The van der Waals surface area contributed by atoms with E-state index >= 15 is 0 Å². The molecule has 1 saturated heterocycles. The Hall–Kier alpha value is -2.53. The second-order valence-corrected chi connectivity index (χ2v) is 7.42. The Kier molecular flexibility index (Phi) is 7.94. The summed E-state index contributed by atoms with van der Waals surface area (Å²) in [7, 11) is 1.83. The number of hydrogen-bond donors (Lipinski definition) is 0. The molecule has 2 aromatic rings. The van der Waals surface area contributed by atoms with Gasteiger partial charge in [0.05, 0.1) is 12.2 Å². The molecule has 0 atom stereocenters. The first-order valence-electron chi connectivity index (χ1n) is 10.6. The van der Waals surface area contributed by atoms with Crippen LogP contribution in [0.15, 0.2) is 48.5 Å². The summed E-state index contributed by atoms with van der Waals surface area (Å²) in [6.45, 7) is 6.38. The zero-order valence-electron chi connectivity index (χ0n) is 17.6. The van der Waals surface area contributed by atoms with E-state index in [4.69, 9.17) is 9.47 Å². The minimum Gasteiger partial charge on any atom is -0.490 e. The van der Waals surface area contributed by atoms with Gasteiger partial charge in [0.15, 0.2) is 0 Å². The van der Waals surface area contributed by atoms with Gasteiger partial charge in [-0.3, -0.25) is 4.79 Å². The quantitative estimate of drug-likeness (QED) is 0.591. The van der Waals surface area contributed by atoms with Gasteiger partial charge in [0, 0.05) is 39.0 Å². The summed E-state index contributed by atoms with van der Waals surface area (Å²) in [5.41, 5.74) is 2.98. The number of piperidine rings is 1. The molecule has 0 unspecified atom stereocenters. The summed E-state index contributed by atoms with van der Waals surface area (Å²) < 4.78 is 11.1. The SMILES string of the molecule is CCOCCOc1ccccc1C(=O)N(C)Cc1ccc(N2CCCCC2)cc1. The van der Waals surface area contributed by atoms with Crippen molar-refractivity contribution >= 4 is 11.6 Å². The van der Waals surface area contributed by atoms with Crippen LogP contribution in [0.5, 0.6) is 5.75 Å². The number of ether oxygens (including phenoxy) is 2. The van der Waals surface area contributed by atoms with Gasteiger partial charge < -0.3 is 19.3 Å². The van der Waals surface area contributed by atoms with Gasteiger partial charge in [-0.05, 0) is 56.0 Å². The van der Waals surface area contributed by atoms with Crippen LogP contribution in [0.3, 0.4) is 0 Å². The summed E-state index contributed by atoms with van der Waals surface area (Å²) in [6, 6.07) is 16.0. The fourth-order valence-electron chi connectivity index (χ4n) is 3.64. The molecule has 5 nitrogen and oxygen atoms in total. The van der Waals surface area contributed by atoms with E-state index in [2.05, 4.69) is 29.2 Å². The molecule has 1 aliphatic rings. The van der Waals surface area contributed by atoms with E-state index in [1.807, 2.05) is 38.2 Å². The van der Waals surface area contributed by atoms with Crippen LogP contribution >= 0.6 is 0 Å². The lowest BCUT2D eigenvalue weighted by molar-refractivity contribution is 0.0774. The van der Waals surface area contributed by atoms with Crippen LogP contribution in [0.2, 0.25) is 0 Å².